The number of aliphatic hydroxyl groups excluding tert-OH is 9. The summed E-state index contributed by atoms with van der Waals surface area (Å²) < 4.78 is 50.0. The van der Waals surface area contributed by atoms with Gasteiger partial charge in [-0.25, -0.2) is 0 Å². The van der Waals surface area contributed by atoms with E-state index in [0.29, 0.717) is 37.2 Å². The van der Waals surface area contributed by atoms with Crippen LogP contribution in [0.2, 0.25) is 0 Å². The Kier molecular flexibility index (Phi) is 12.9. The van der Waals surface area contributed by atoms with Crippen LogP contribution in [0.25, 0.3) is 0 Å². The molecule has 0 unspecified atom stereocenters. The van der Waals surface area contributed by atoms with Crippen LogP contribution in [0.4, 0.5) is 0 Å². The molecule has 360 valence electrons. The number of aliphatic hydroxyl groups is 10. The Labute approximate surface area is 368 Å². The number of ether oxygens (including phenoxy) is 8. The van der Waals surface area contributed by atoms with E-state index in [1.165, 1.54) is 12.5 Å². The van der Waals surface area contributed by atoms with E-state index in [0.717, 1.165) is 44.9 Å². The summed E-state index contributed by atoms with van der Waals surface area (Å²) in [6.07, 6.45) is -14.6. The minimum atomic E-state index is -1.86. The van der Waals surface area contributed by atoms with Gasteiger partial charge < -0.3 is 89.0 Å². The summed E-state index contributed by atoms with van der Waals surface area (Å²) in [4.78, 5) is 0. The Morgan fingerprint density at radius 2 is 1.33 bits per heavy atom. The van der Waals surface area contributed by atoms with Gasteiger partial charge in [0.05, 0.1) is 38.1 Å². The van der Waals surface area contributed by atoms with Crippen LogP contribution in [-0.2, 0) is 37.9 Å². The van der Waals surface area contributed by atoms with Crippen molar-refractivity contribution in [2.75, 3.05) is 19.8 Å². The molecular formula is C45H72O18. The summed E-state index contributed by atoms with van der Waals surface area (Å²) >= 11 is 0. The Morgan fingerprint density at radius 1 is 0.683 bits per heavy atom. The Bertz CT molecular complexity index is 1660. The molecule has 0 aromatic heterocycles. The summed E-state index contributed by atoms with van der Waals surface area (Å²) in [7, 11) is 0. The third-order valence-electron chi connectivity index (χ3n) is 17.9. The van der Waals surface area contributed by atoms with Gasteiger partial charge in [0.2, 0.25) is 0 Å². The average Bonchev–Trinajstić information content (AvgIpc) is 3.62. The first-order valence-corrected chi connectivity index (χ1v) is 23.5. The molecule has 18 heteroatoms. The summed E-state index contributed by atoms with van der Waals surface area (Å²) in [5.41, 5.74) is -0.202. The third-order valence-corrected chi connectivity index (χ3v) is 17.9. The normalized spacial score (nSPS) is 58.1. The van der Waals surface area contributed by atoms with Crippen molar-refractivity contribution in [3.8, 4) is 0 Å². The van der Waals surface area contributed by atoms with E-state index in [4.69, 9.17) is 37.9 Å². The van der Waals surface area contributed by atoms with Gasteiger partial charge in [-0.05, 0) is 87.4 Å². The number of allylic oxidation sites excluding steroid dienone is 1. The third kappa shape index (κ3) is 7.35. The van der Waals surface area contributed by atoms with Crippen molar-refractivity contribution < 1.29 is 89.0 Å². The summed E-state index contributed by atoms with van der Waals surface area (Å²) in [5, 5.41) is 109. The van der Waals surface area contributed by atoms with E-state index in [1.54, 1.807) is 0 Å². The molecule has 5 heterocycles. The molecule has 63 heavy (non-hydrogen) atoms. The van der Waals surface area contributed by atoms with Crippen LogP contribution in [0.3, 0.4) is 0 Å². The molecule has 0 amide bonds. The lowest BCUT2D eigenvalue weighted by atomic mass is 9.46. The molecule has 9 aliphatic rings. The zero-order valence-electron chi connectivity index (χ0n) is 37.0. The molecule has 0 aromatic carbocycles. The first kappa shape index (κ1) is 47.1. The van der Waals surface area contributed by atoms with Crippen molar-refractivity contribution in [1.82, 2.24) is 0 Å². The van der Waals surface area contributed by atoms with E-state index in [9.17, 15) is 51.1 Å². The van der Waals surface area contributed by atoms with Crippen molar-refractivity contribution >= 4 is 0 Å². The van der Waals surface area contributed by atoms with Crippen molar-refractivity contribution in [1.29, 1.82) is 0 Å². The SMILES string of the molecule is C[C@@H]1CC[C@@]2(OC1)O[C@H]1C[C@H]3[C@@H]4CC=C5C[C@@H](O[C@@H]6O[C@H](CO)[C@@H](O)[C@H](O[C@@H]7O[C@H](CO)[C@H](O)[C@H](O)[C@H]7O)[C@H]6O[C@@H]6O[C@@H](C)[C@H](O)[C@@H](O)[C@H]6O)CC[C@]5(C)[C@H]4CC[C@]3(C)[C@@]1(O)[C@@H]2C. The van der Waals surface area contributed by atoms with Gasteiger partial charge in [-0.3, -0.25) is 0 Å². The highest BCUT2D eigenvalue weighted by Crippen LogP contribution is 2.72. The lowest BCUT2D eigenvalue weighted by Crippen LogP contribution is -2.67. The highest BCUT2D eigenvalue weighted by Gasteiger charge is 2.76. The summed E-state index contributed by atoms with van der Waals surface area (Å²) in [5.74, 6) is 0.580. The maximum Gasteiger partial charge on any atom is 0.187 e. The fraction of sp³-hybridized carbons (Fsp3) is 0.956. The minimum Gasteiger partial charge on any atom is -0.394 e. The van der Waals surface area contributed by atoms with Gasteiger partial charge in [0, 0.05) is 17.8 Å². The molecule has 9 rings (SSSR count). The molecule has 5 aliphatic heterocycles. The molecule has 26 atom stereocenters. The second-order valence-electron chi connectivity index (χ2n) is 21.2. The van der Waals surface area contributed by atoms with Gasteiger partial charge in [0.15, 0.2) is 24.7 Å². The maximum absolute atomic E-state index is 12.8. The lowest BCUT2D eigenvalue weighted by molar-refractivity contribution is -0.394. The van der Waals surface area contributed by atoms with Crippen LogP contribution in [0.15, 0.2) is 11.6 Å². The molecule has 8 fully saturated rings. The van der Waals surface area contributed by atoms with Gasteiger partial charge in [-0.2, -0.15) is 0 Å². The minimum absolute atomic E-state index is 0.143. The van der Waals surface area contributed by atoms with Crippen LogP contribution in [0, 0.1) is 40.4 Å². The van der Waals surface area contributed by atoms with E-state index in [2.05, 4.69) is 33.8 Å². The van der Waals surface area contributed by atoms with Crippen molar-refractivity contribution in [3.05, 3.63) is 11.6 Å². The molecule has 10 N–H and O–H groups in total. The molecule has 3 saturated carbocycles. The van der Waals surface area contributed by atoms with Crippen LogP contribution in [-0.4, -0.2) is 187 Å². The molecular weight excluding hydrogens is 828 g/mol. The van der Waals surface area contributed by atoms with Crippen molar-refractivity contribution in [2.24, 2.45) is 40.4 Å². The second kappa shape index (κ2) is 17.2. The lowest BCUT2D eigenvalue weighted by Gasteiger charge is -2.60. The van der Waals surface area contributed by atoms with Gasteiger partial charge >= 0.3 is 0 Å². The highest BCUT2D eigenvalue weighted by atomic mass is 16.8. The first-order chi connectivity index (χ1) is 29.8. The molecule has 1 spiro atoms. The highest BCUT2D eigenvalue weighted by molar-refractivity contribution is 5.29. The Morgan fingerprint density at radius 3 is 2.02 bits per heavy atom. The fourth-order valence-electron chi connectivity index (χ4n) is 13.9. The van der Waals surface area contributed by atoms with E-state index in [-0.39, 0.29) is 28.8 Å². The van der Waals surface area contributed by atoms with Crippen LogP contribution in [0.1, 0.15) is 92.4 Å². The molecule has 0 bridgehead atoms. The van der Waals surface area contributed by atoms with Gasteiger partial charge in [0.1, 0.15) is 72.7 Å². The van der Waals surface area contributed by atoms with Crippen LogP contribution in [0.5, 0.6) is 0 Å². The van der Waals surface area contributed by atoms with Gasteiger partial charge in [0.25, 0.3) is 0 Å². The fourth-order valence-corrected chi connectivity index (χ4v) is 13.9. The van der Waals surface area contributed by atoms with Gasteiger partial charge in [-0.15, -0.1) is 0 Å². The maximum atomic E-state index is 12.8. The number of rotatable bonds is 8. The van der Waals surface area contributed by atoms with Crippen LogP contribution < -0.4 is 0 Å². The van der Waals surface area contributed by atoms with Crippen LogP contribution >= 0.6 is 0 Å². The molecule has 4 aliphatic carbocycles. The Hall–Kier alpha value is -0.980. The predicted octanol–water partition coefficient (Wildman–Crippen LogP) is -0.671. The largest absolute Gasteiger partial charge is 0.394 e. The second-order valence-corrected chi connectivity index (χ2v) is 21.2. The zero-order valence-corrected chi connectivity index (χ0v) is 37.0. The number of hydrogen-bond donors (Lipinski definition) is 10. The Balaban J connectivity index is 0.948. The number of hydrogen-bond acceptors (Lipinski definition) is 18. The number of fused-ring (bicyclic) bond motifs is 7. The van der Waals surface area contributed by atoms with Gasteiger partial charge in [-0.1, -0.05) is 39.3 Å². The predicted molar refractivity (Wildman–Crippen MR) is 216 cm³/mol. The summed E-state index contributed by atoms with van der Waals surface area (Å²) in [6, 6.07) is 0. The first-order valence-electron chi connectivity index (χ1n) is 23.5. The topological polar surface area (TPSA) is 276 Å². The van der Waals surface area contributed by atoms with E-state index in [1.807, 2.05) is 0 Å². The summed E-state index contributed by atoms with van der Waals surface area (Å²) in [6.45, 7) is 9.64. The quantitative estimate of drug-likeness (QED) is 0.135. The van der Waals surface area contributed by atoms with E-state index >= 15 is 0 Å². The van der Waals surface area contributed by atoms with E-state index < -0.39 is 123 Å². The average molecular weight is 901 g/mol. The standard InChI is InChI=1S/C45H72O18/c1-19-8-13-44(56-18-19)21(3)45(55)29(63-44)15-26-24-7-6-22-14-23(9-11-42(22,4)25(24)10-12-43(26,45)5)58-41-38(62-39-35(53)33(51)30(48)20(2)57-39)37(32(50)28(17-47)60-41)61-40-36(54)34(52)31(49)27(16-46)59-40/h6,19-21,23-41,46-55H,7-18H2,1-5H3/t19-,20+,21-,23+,24-,25+,26+,27-,28-,29+,30+,31+,32-,33-,34+,35-,36-,37+,38-,39+,40+,41-,42+,43+,44-,45-/m1/s1. The van der Waals surface area contributed by atoms with Crippen molar-refractivity contribution in [2.45, 2.75) is 208 Å². The molecule has 5 saturated heterocycles. The monoisotopic (exact) mass is 900 g/mol. The smallest absolute Gasteiger partial charge is 0.187 e. The molecule has 18 nitrogen and oxygen atoms in total. The van der Waals surface area contributed by atoms with Crippen molar-refractivity contribution in [3.63, 3.8) is 0 Å². The zero-order chi connectivity index (χ0) is 45.1. The molecule has 0 radical (unpaired) electrons. The molecule has 0 aromatic rings.